The number of hydrogen-bond acceptors (Lipinski definition) is 5. The molecule has 3 N–H and O–H groups in total. The van der Waals surface area contributed by atoms with Crippen LogP contribution in [0.5, 0.6) is 11.5 Å². The highest BCUT2D eigenvalue weighted by Gasteiger charge is 2.36. The van der Waals surface area contributed by atoms with Gasteiger partial charge in [0.15, 0.2) is 11.5 Å². The van der Waals surface area contributed by atoms with E-state index >= 15 is 0 Å². The van der Waals surface area contributed by atoms with E-state index in [0.717, 1.165) is 18.7 Å². The van der Waals surface area contributed by atoms with Crippen LogP contribution in [0.1, 0.15) is 31.9 Å². The number of likely N-dealkylation sites (tertiary alicyclic amines) is 1. The van der Waals surface area contributed by atoms with Crippen LogP contribution in [0.3, 0.4) is 0 Å². The molecule has 0 spiro atoms. The van der Waals surface area contributed by atoms with Crippen LogP contribution in [-0.4, -0.2) is 53.0 Å². The molecule has 0 saturated carbocycles. The Morgan fingerprint density at radius 3 is 2.37 bits per heavy atom. The molecule has 3 atom stereocenters. The Balaban J connectivity index is 2.00. The molecule has 2 heterocycles. The normalized spacial score (nSPS) is 26.5. The van der Waals surface area contributed by atoms with E-state index in [0.29, 0.717) is 41.1 Å². The maximum Gasteiger partial charge on any atom is 0.338 e. The maximum absolute atomic E-state index is 12.8. The third-order valence-electron chi connectivity index (χ3n) is 5.81. The summed E-state index contributed by atoms with van der Waals surface area (Å²) >= 11 is 0. The summed E-state index contributed by atoms with van der Waals surface area (Å²) in [5.41, 5.74) is 1.75. The molecule has 8 heteroatoms. The van der Waals surface area contributed by atoms with Crippen molar-refractivity contribution < 1.29 is 28.7 Å². The second-order valence-corrected chi connectivity index (χ2v) is 8.31. The van der Waals surface area contributed by atoms with Crippen LogP contribution in [0.2, 0.25) is 0 Å². The molecule has 0 bridgehead atoms. The first-order chi connectivity index (χ1) is 14.4. The van der Waals surface area contributed by atoms with Crippen molar-refractivity contribution in [1.29, 1.82) is 0 Å². The number of carbonyl (C=O) groups excluding carboxylic acids is 2. The highest BCUT2D eigenvalue weighted by Crippen LogP contribution is 2.34. The van der Waals surface area contributed by atoms with E-state index in [1.807, 2.05) is 6.07 Å². The summed E-state index contributed by atoms with van der Waals surface area (Å²) in [6.45, 7) is 7.08. The van der Waals surface area contributed by atoms with Crippen LogP contribution in [-0.2, 0) is 9.53 Å². The van der Waals surface area contributed by atoms with Gasteiger partial charge in [-0.25, -0.2) is 9.59 Å². The fourth-order valence-electron chi connectivity index (χ4n) is 4.71. The van der Waals surface area contributed by atoms with Crippen molar-refractivity contribution in [2.75, 3.05) is 41.0 Å². The van der Waals surface area contributed by atoms with Crippen molar-refractivity contribution in [3.8, 4) is 11.5 Å². The molecule has 1 aromatic carbocycles. The molecule has 2 aliphatic heterocycles. The first-order valence-electron chi connectivity index (χ1n) is 10.3. The lowest BCUT2D eigenvalue weighted by atomic mass is 9.91. The first kappa shape index (κ1) is 22.0. The number of methoxy groups -OCH3 is 3. The van der Waals surface area contributed by atoms with Crippen molar-refractivity contribution in [1.82, 2.24) is 10.6 Å². The van der Waals surface area contributed by atoms with Gasteiger partial charge in [-0.05, 0) is 24.1 Å². The van der Waals surface area contributed by atoms with Crippen LogP contribution < -0.4 is 25.0 Å². The zero-order valence-electron chi connectivity index (χ0n) is 18.3. The molecule has 0 radical (unpaired) electrons. The number of ether oxygens (including phenoxy) is 3. The summed E-state index contributed by atoms with van der Waals surface area (Å²) in [7, 11) is 4.46. The minimum atomic E-state index is -0.639. The molecule has 0 aromatic heterocycles. The molecular weight excluding hydrogens is 386 g/mol. The van der Waals surface area contributed by atoms with Gasteiger partial charge in [-0.1, -0.05) is 19.9 Å². The minimum absolute atomic E-state index is 0.338. The van der Waals surface area contributed by atoms with E-state index in [2.05, 4.69) is 24.5 Å². The first-order valence-corrected chi connectivity index (χ1v) is 10.3. The fourth-order valence-corrected chi connectivity index (χ4v) is 4.71. The van der Waals surface area contributed by atoms with Crippen molar-refractivity contribution in [3.63, 3.8) is 0 Å². The van der Waals surface area contributed by atoms with Gasteiger partial charge in [0.2, 0.25) is 0 Å². The van der Waals surface area contributed by atoms with E-state index < -0.39 is 12.0 Å². The molecule has 2 aliphatic rings. The Morgan fingerprint density at radius 1 is 1.10 bits per heavy atom. The number of quaternary nitrogens is 1. The average Bonchev–Trinajstić information content (AvgIpc) is 2.71. The molecule has 3 rings (SSSR count). The average molecular weight is 419 g/mol. The van der Waals surface area contributed by atoms with Gasteiger partial charge in [0, 0.05) is 11.8 Å². The highest BCUT2D eigenvalue weighted by molar-refractivity contribution is 5.95. The van der Waals surface area contributed by atoms with Crippen molar-refractivity contribution in [3.05, 3.63) is 35.0 Å². The van der Waals surface area contributed by atoms with Gasteiger partial charge in [0.05, 0.1) is 51.7 Å². The molecule has 1 fully saturated rings. The summed E-state index contributed by atoms with van der Waals surface area (Å²) in [4.78, 5) is 26.6. The van der Waals surface area contributed by atoms with Crippen LogP contribution in [0.15, 0.2) is 29.5 Å². The molecule has 164 valence electrons. The second kappa shape index (κ2) is 9.38. The van der Waals surface area contributed by atoms with Gasteiger partial charge in [-0.15, -0.1) is 0 Å². The predicted octanol–water partition coefficient (Wildman–Crippen LogP) is 1.05. The standard InChI is InChI=1S/C22H31N3O5/c1-13-8-14(2)11-25(10-13)12-16-19(21(26)30-5)20(24-22(27)23-16)15-6-7-17(28-3)18(9-15)29-4/h6-7,9,13-14,20H,8,10-12H2,1-5H3,(H2,23,24,27)/p+1/t13-,14-,20-/m0/s1. The number of urea groups is 1. The highest BCUT2D eigenvalue weighted by atomic mass is 16.5. The lowest BCUT2D eigenvalue weighted by molar-refractivity contribution is -0.907. The fraction of sp³-hybridized carbons (Fsp3) is 0.545. The van der Waals surface area contributed by atoms with Gasteiger partial charge in [-0.3, -0.25) is 0 Å². The SMILES string of the molecule is COC(=O)C1=C(C[NH+]2C[C@@H](C)C[C@H](C)C2)NC(=O)N[C@H]1c1ccc(OC)c(OC)c1. The summed E-state index contributed by atoms with van der Waals surface area (Å²) in [6, 6.07) is 4.37. The number of benzene rings is 1. The van der Waals surface area contributed by atoms with Gasteiger partial charge >= 0.3 is 12.0 Å². The minimum Gasteiger partial charge on any atom is -0.493 e. The van der Waals surface area contributed by atoms with E-state index in [4.69, 9.17) is 14.2 Å². The topological polar surface area (TPSA) is 90.3 Å². The smallest absolute Gasteiger partial charge is 0.338 e. The number of esters is 1. The molecule has 30 heavy (non-hydrogen) atoms. The lowest BCUT2D eigenvalue weighted by Crippen LogP contribution is -3.14. The zero-order chi connectivity index (χ0) is 21.8. The molecule has 0 unspecified atom stereocenters. The Morgan fingerprint density at radius 2 is 1.77 bits per heavy atom. The second-order valence-electron chi connectivity index (χ2n) is 8.31. The molecule has 1 aromatic rings. The Hall–Kier alpha value is -2.74. The number of piperidine rings is 1. The van der Waals surface area contributed by atoms with E-state index in [1.165, 1.54) is 18.4 Å². The van der Waals surface area contributed by atoms with Gasteiger partial charge < -0.3 is 29.7 Å². The number of hydrogen-bond donors (Lipinski definition) is 3. The Bertz CT molecular complexity index is 828. The van der Waals surface area contributed by atoms with Crippen molar-refractivity contribution in [2.45, 2.75) is 26.3 Å². The summed E-state index contributed by atoms with van der Waals surface area (Å²) in [5, 5.41) is 5.72. The third-order valence-corrected chi connectivity index (χ3v) is 5.81. The largest absolute Gasteiger partial charge is 0.493 e. The monoisotopic (exact) mass is 418 g/mol. The summed E-state index contributed by atoms with van der Waals surface area (Å²) < 4.78 is 15.8. The third kappa shape index (κ3) is 4.70. The van der Waals surface area contributed by atoms with Crippen LogP contribution in [0.4, 0.5) is 4.79 Å². The molecule has 8 nitrogen and oxygen atoms in total. The summed E-state index contributed by atoms with van der Waals surface area (Å²) in [6.07, 6.45) is 1.20. The lowest BCUT2D eigenvalue weighted by Gasteiger charge is -2.35. The van der Waals surface area contributed by atoms with Crippen LogP contribution in [0, 0.1) is 11.8 Å². The van der Waals surface area contributed by atoms with Crippen molar-refractivity contribution >= 4 is 12.0 Å². The van der Waals surface area contributed by atoms with Gasteiger partial charge in [0.25, 0.3) is 0 Å². The summed E-state index contributed by atoms with van der Waals surface area (Å²) in [5.74, 6) is 1.84. The quantitative estimate of drug-likeness (QED) is 0.601. The van der Waals surface area contributed by atoms with E-state index in [9.17, 15) is 9.59 Å². The van der Waals surface area contributed by atoms with Crippen LogP contribution >= 0.6 is 0 Å². The van der Waals surface area contributed by atoms with Crippen LogP contribution in [0.25, 0.3) is 0 Å². The van der Waals surface area contributed by atoms with Gasteiger partial charge in [-0.2, -0.15) is 0 Å². The van der Waals surface area contributed by atoms with E-state index in [-0.39, 0.29) is 6.03 Å². The van der Waals surface area contributed by atoms with E-state index in [1.54, 1.807) is 26.4 Å². The Kier molecular flexibility index (Phi) is 6.87. The maximum atomic E-state index is 12.8. The van der Waals surface area contributed by atoms with Crippen molar-refractivity contribution in [2.24, 2.45) is 11.8 Å². The number of amides is 2. The van der Waals surface area contributed by atoms with Gasteiger partial charge in [0.1, 0.15) is 6.54 Å². The molecule has 0 aliphatic carbocycles. The number of nitrogens with one attached hydrogen (secondary N) is 3. The number of carbonyl (C=O) groups is 2. The molecular formula is C22H32N3O5+. The zero-order valence-corrected chi connectivity index (χ0v) is 18.3. The molecule has 2 amide bonds. The predicted molar refractivity (Wildman–Crippen MR) is 112 cm³/mol. The molecule has 1 saturated heterocycles. The Labute approximate surface area is 177 Å². The number of rotatable bonds is 6.